The molecule has 0 saturated carbocycles. The number of alkyl halides is 2. The Bertz CT molecular complexity index is 91.6. The van der Waals surface area contributed by atoms with E-state index in [1.165, 1.54) is 0 Å². The van der Waals surface area contributed by atoms with Crippen molar-refractivity contribution in [1.29, 1.82) is 0 Å². The molecule has 2 N–H and O–H groups in total. The van der Waals surface area contributed by atoms with Gasteiger partial charge in [-0.3, -0.25) is 0 Å². The lowest BCUT2D eigenvalue weighted by atomic mass is 10.0. The fourth-order valence-corrected chi connectivity index (χ4v) is 0.602. The lowest BCUT2D eigenvalue weighted by Gasteiger charge is -2.14. The van der Waals surface area contributed by atoms with Crippen LogP contribution in [-0.4, -0.2) is 12.5 Å². The van der Waals surface area contributed by atoms with E-state index < -0.39 is 12.5 Å². The first-order valence-corrected chi connectivity index (χ1v) is 3.56. The van der Waals surface area contributed by atoms with E-state index in [0.717, 1.165) is 0 Å². The Morgan fingerprint density at radius 3 is 2.20 bits per heavy atom. The van der Waals surface area contributed by atoms with Crippen molar-refractivity contribution in [1.82, 2.24) is 0 Å². The van der Waals surface area contributed by atoms with Gasteiger partial charge in [0.2, 0.25) is 0 Å². The summed E-state index contributed by atoms with van der Waals surface area (Å²) in [5.74, 6) is -2.32. The third kappa shape index (κ3) is 4.68. The van der Waals surface area contributed by atoms with E-state index in [4.69, 9.17) is 5.73 Å². The predicted molar refractivity (Wildman–Crippen MR) is 38.1 cm³/mol. The van der Waals surface area contributed by atoms with Gasteiger partial charge in [-0.25, -0.2) is 8.78 Å². The predicted octanol–water partition coefficient (Wildman–Crippen LogP) is 2.02. The molecule has 0 saturated heterocycles. The minimum atomic E-state index is -2.65. The Hall–Kier alpha value is -0.180. The highest BCUT2D eigenvalue weighted by Crippen LogP contribution is 2.20. The largest absolute Gasteiger partial charge is 0.325 e. The van der Waals surface area contributed by atoms with Gasteiger partial charge in [0.1, 0.15) is 0 Å². The van der Waals surface area contributed by atoms with Crippen molar-refractivity contribution in [3.63, 3.8) is 0 Å². The van der Waals surface area contributed by atoms with Gasteiger partial charge in [-0.1, -0.05) is 13.8 Å². The van der Waals surface area contributed by atoms with Gasteiger partial charge in [0.05, 0.1) is 6.54 Å². The molecule has 0 heterocycles. The second-order valence-corrected chi connectivity index (χ2v) is 2.99. The summed E-state index contributed by atoms with van der Waals surface area (Å²) in [7, 11) is 0. The summed E-state index contributed by atoms with van der Waals surface area (Å²) in [6.45, 7) is 3.32. The molecule has 62 valence electrons. The van der Waals surface area contributed by atoms with Crippen molar-refractivity contribution in [3.05, 3.63) is 0 Å². The molecule has 0 atom stereocenters. The molecule has 0 amide bonds. The average Bonchev–Trinajstić information content (AvgIpc) is 1.85. The Kier molecular flexibility index (Phi) is 3.79. The summed E-state index contributed by atoms with van der Waals surface area (Å²) in [6.07, 6.45) is 0.464. The highest BCUT2D eigenvalue weighted by Gasteiger charge is 2.25. The van der Waals surface area contributed by atoms with E-state index in [1.807, 2.05) is 13.8 Å². The van der Waals surface area contributed by atoms with Crippen LogP contribution in [0.25, 0.3) is 0 Å². The highest BCUT2D eigenvalue weighted by atomic mass is 19.3. The molecule has 0 aliphatic heterocycles. The van der Waals surface area contributed by atoms with Gasteiger partial charge in [0, 0.05) is 6.42 Å². The zero-order valence-electron chi connectivity index (χ0n) is 6.53. The quantitative estimate of drug-likeness (QED) is 0.653. The van der Waals surface area contributed by atoms with Gasteiger partial charge in [-0.05, 0) is 12.3 Å². The molecule has 0 unspecified atom stereocenters. The van der Waals surface area contributed by atoms with E-state index >= 15 is 0 Å². The van der Waals surface area contributed by atoms with Crippen molar-refractivity contribution in [2.24, 2.45) is 11.7 Å². The summed E-state index contributed by atoms with van der Waals surface area (Å²) in [5.41, 5.74) is 4.84. The van der Waals surface area contributed by atoms with Gasteiger partial charge < -0.3 is 5.73 Å². The first-order valence-electron chi connectivity index (χ1n) is 3.56. The molecule has 3 heteroatoms. The monoisotopic (exact) mass is 151 g/mol. The Morgan fingerprint density at radius 2 is 1.90 bits per heavy atom. The number of hydrogen-bond acceptors (Lipinski definition) is 1. The van der Waals surface area contributed by atoms with Gasteiger partial charge >= 0.3 is 0 Å². The molecule has 0 rings (SSSR count). The van der Waals surface area contributed by atoms with Crippen LogP contribution < -0.4 is 5.73 Å². The molecule has 0 aromatic rings. The molecule has 0 bridgehead atoms. The SMILES string of the molecule is CC(C)CCC(F)(F)CN. The minimum Gasteiger partial charge on any atom is -0.325 e. The number of rotatable bonds is 4. The number of halogens is 2. The Morgan fingerprint density at radius 1 is 1.40 bits per heavy atom. The van der Waals surface area contributed by atoms with Crippen LogP contribution in [-0.2, 0) is 0 Å². The fraction of sp³-hybridized carbons (Fsp3) is 1.00. The minimum absolute atomic E-state index is 0.0822. The number of nitrogens with two attached hydrogens (primary N) is 1. The third-order valence-electron chi connectivity index (χ3n) is 1.39. The van der Waals surface area contributed by atoms with Crippen LogP contribution in [0.3, 0.4) is 0 Å². The van der Waals surface area contributed by atoms with Crippen LogP contribution in [0.5, 0.6) is 0 Å². The van der Waals surface area contributed by atoms with Crippen molar-refractivity contribution >= 4 is 0 Å². The maximum atomic E-state index is 12.4. The maximum Gasteiger partial charge on any atom is 0.260 e. The second-order valence-electron chi connectivity index (χ2n) is 2.99. The van der Waals surface area contributed by atoms with Crippen molar-refractivity contribution < 1.29 is 8.78 Å². The Labute approximate surface area is 60.6 Å². The zero-order valence-corrected chi connectivity index (χ0v) is 6.53. The summed E-state index contributed by atoms with van der Waals surface area (Å²) in [6, 6.07) is 0. The molecular formula is C7H15F2N. The molecule has 0 fully saturated rings. The lowest BCUT2D eigenvalue weighted by molar-refractivity contribution is -0.00273. The fourth-order valence-electron chi connectivity index (χ4n) is 0.602. The van der Waals surface area contributed by atoms with E-state index in [9.17, 15) is 8.78 Å². The highest BCUT2D eigenvalue weighted by molar-refractivity contribution is 4.66. The molecule has 0 aliphatic rings. The van der Waals surface area contributed by atoms with Gasteiger partial charge in [0.15, 0.2) is 0 Å². The maximum absolute atomic E-state index is 12.4. The average molecular weight is 151 g/mol. The van der Waals surface area contributed by atoms with E-state index in [-0.39, 0.29) is 6.42 Å². The van der Waals surface area contributed by atoms with Gasteiger partial charge in [0.25, 0.3) is 5.92 Å². The molecular weight excluding hydrogens is 136 g/mol. The van der Waals surface area contributed by atoms with E-state index in [0.29, 0.717) is 12.3 Å². The molecule has 0 aliphatic carbocycles. The van der Waals surface area contributed by atoms with Crippen molar-refractivity contribution in [2.45, 2.75) is 32.6 Å². The van der Waals surface area contributed by atoms with Crippen LogP contribution >= 0.6 is 0 Å². The second kappa shape index (κ2) is 3.86. The lowest BCUT2D eigenvalue weighted by Crippen LogP contribution is -2.27. The van der Waals surface area contributed by atoms with Crippen molar-refractivity contribution in [3.8, 4) is 0 Å². The summed E-state index contributed by atoms with van der Waals surface area (Å²) in [4.78, 5) is 0. The van der Waals surface area contributed by atoms with Crippen LogP contribution in [0.1, 0.15) is 26.7 Å². The topological polar surface area (TPSA) is 26.0 Å². The Balaban J connectivity index is 3.46. The third-order valence-corrected chi connectivity index (χ3v) is 1.39. The molecule has 0 radical (unpaired) electrons. The summed E-state index contributed by atoms with van der Waals surface area (Å²) < 4.78 is 24.8. The van der Waals surface area contributed by atoms with Gasteiger partial charge in [-0.2, -0.15) is 0 Å². The molecule has 10 heavy (non-hydrogen) atoms. The first-order chi connectivity index (χ1) is 4.48. The standard InChI is InChI=1S/C7H15F2N/c1-6(2)3-4-7(8,9)5-10/h6H,3-5,10H2,1-2H3. The van der Waals surface area contributed by atoms with Crippen molar-refractivity contribution in [2.75, 3.05) is 6.54 Å². The molecule has 0 aromatic heterocycles. The van der Waals surface area contributed by atoms with Gasteiger partial charge in [-0.15, -0.1) is 0 Å². The first kappa shape index (κ1) is 9.82. The van der Waals surface area contributed by atoms with Crippen LogP contribution in [0.2, 0.25) is 0 Å². The number of hydrogen-bond donors (Lipinski definition) is 1. The van der Waals surface area contributed by atoms with E-state index in [2.05, 4.69) is 0 Å². The normalized spacial score (nSPS) is 12.6. The smallest absolute Gasteiger partial charge is 0.260 e. The summed E-state index contributed by atoms with van der Waals surface area (Å²) >= 11 is 0. The van der Waals surface area contributed by atoms with Crippen LogP contribution in [0.4, 0.5) is 8.78 Å². The summed E-state index contributed by atoms with van der Waals surface area (Å²) in [5, 5.41) is 0. The molecule has 0 spiro atoms. The van der Waals surface area contributed by atoms with E-state index in [1.54, 1.807) is 0 Å². The van der Waals surface area contributed by atoms with Crippen LogP contribution in [0.15, 0.2) is 0 Å². The zero-order chi connectivity index (χ0) is 8.20. The van der Waals surface area contributed by atoms with Crippen LogP contribution in [0, 0.1) is 5.92 Å². The molecule has 0 aromatic carbocycles. The molecule has 1 nitrogen and oxygen atoms in total.